The molecular weight excluding hydrogens is 202 g/mol. The van der Waals surface area contributed by atoms with Crippen LogP contribution in [0.1, 0.15) is 44.6 Å². The van der Waals surface area contributed by atoms with Crippen molar-refractivity contribution in [3.8, 4) is 0 Å². The van der Waals surface area contributed by atoms with E-state index in [2.05, 4.69) is 36.1 Å². The van der Waals surface area contributed by atoms with Crippen LogP contribution in [0.5, 0.6) is 0 Å². The number of aromatic amines is 1. The van der Waals surface area contributed by atoms with Crippen LogP contribution >= 0.6 is 0 Å². The lowest BCUT2D eigenvalue weighted by Crippen LogP contribution is -2.35. The molecule has 1 unspecified atom stereocenters. The van der Waals surface area contributed by atoms with Crippen molar-refractivity contribution in [1.82, 2.24) is 15.3 Å². The monoisotopic (exact) mass is 223 g/mol. The van der Waals surface area contributed by atoms with Crippen molar-refractivity contribution in [3.63, 3.8) is 0 Å². The number of ether oxygens (including phenoxy) is 1. The summed E-state index contributed by atoms with van der Waals surface area (Å²) in [5.74, 6) is 1.53. The molecule has 4 heteroatoms. The van der Waals surface area contributed by atoms with E-state index in [1.165, 1.54) is 0 Å². The first-order chi connectivity index (χ1) is 7.54. The maximum absolute atomic E-state index is 5.36. The van der Waals surface area contributed by atoms with Gasteiger partial charge in [0.05, 0.1) is 6.61 Å². The summed E-state index contributed by atoms with van der Waals surface area (Å²) in [6, 6.07) is 0. The van der Waals surface area contributed by atoms with Crippen LogP contribution in [-0.4, -0.2) is 28.7 Å². The van der Waals surface area contributed by atoms with Gasteiger partial charge in [-0.05, 0) is 27.2 Å². The molecule has 1 fully saturated rings. The second-order valence-corrected chi connectivity index (χ2v) is 5.46. The Bertz CT molecular complexity index is 334. The molecule has 2 heterocycles. The Labute approximate surface area is 96.8 Å². The lowest BCUT2D eigenvalue weighted by atomic mass is 10.1. The zero-order valence-electron chi connectivity index (χ0n) is 10.3. The Balaban J connectivity index is 1.91. The zero-order chi connectivity index (χ0) is 11.6. The largest absolute Gasteiger partial charge is 0.381 e. The Morgan fingerprint density at radius 3 is 3.00 bits per heavy atom. The van der Waals surface area contributed by atoms with Crippen molar-refractivity contribution < 1.29 is 4.74 Å². The Hall–Kier alpha value is -0.870. The highest BCUT2D eigenvalue weighted by molar-refractivity contribution is 5.06. The third-order valence-electron chi connectivity index (χ3n) is 2.77. The SMILES string of the molecule is CC(C)(C)NCc1cnc(C2CCOC2)[nH]1. The van der Waals surface area contributed by atoms with Gasteiger partial charge in [0.25, 0.3) is 0 Å². The fourth-order valence-electron chi connectivity index (χ4n) is 1.78. The lowest BCUT2D eigenvalue weighted by Gasteiger charge is -2.19. The van der Waals surface area contributed by atoms with Crippen molar-refractivity contribution in [3.05, 3.63) is 17.7 Å². The third kappa shape index (κ3) is 3.06. The Morgan fingerprint density at radius 1 is 1.56 bits per heavy atom. The van der Waals surface area contributed by atoms with Gasteiger partial charge in [-0.2, -0.15) is 0 Å². The standard InChI is InChI=1S/C12H21N3O/c1-12(2,3)14-7-10-6-13-11(15-10)9-4-5-16-8-9/h6,9,14H,4-5,7-8H2,1-3H3,(H,13,15). The van der Waals surface area contributed by atoms with E-state index in [0.717, 1.165) is 37.7 Å². The summed E-state index contributed by atoms with van der Waals surface area (Å²) < 4.78 is 5.36. The van der Waals surface area contributed by atoms with Gasteiger partial charge in [0, 0.05) is 36.5 Å². The van der Waals surface area contributed by atoms with Gasteiger partial charge in [0.2, 0.25) is 0 Å². The average molecular weight is 223 g/mol. The van der Waals surface area contributed by atoms with Crippen LogP contribution in [0.2, 0.25) is 0 Å². The summed E-state index contributed by atoms with van der Waals surface area (Å²) in [6.45, 7) is 8.99. The van der Waals surface area contributed by atoms with E-state index >= 15 is 0 Å². The fraction of sp³-hybridized carbons (Fsp3) is 0.750. The van der Waals surface area contributed by atoms with Gasteiger partial charge in [0.15, 0.2) is 0 Å². The summed E-state index contributed by atoms with van der Waals surface area (Å²) >= 11 is 0. The number of aromatic nitrogens is 2. The molecule has 2 rings (SSSR count). The molecule has 4 nitrogen and oxygen atoms in total. The highest BCUT2D eigenvalue weighted by Crippen LogP contribution is 2.22. The van der Waals surface area contributed by atoms with Gasteiger partial charge in [-0.15, -0.1) is 0 Å². The maximum Gasteiger partial charge on any atom is 0.111 e. The minimum atomic E-state index is 0.141. The van der Waals surface area contributed by atoms with E-state index in [9.17, 15) is 0 Å². The minimum absolute atomic E-state index is 0.141. The molecule has 0 amide bonds. The number of nitrogens with zero attached hydrogens (tertiary/aromatic N) is 1. The van der Waals surface area contributed by atoms with E-state index in [-0.39, 0.29) is 5.54 Å². The first kappa shape index (κ1) is 11.6. The molecule has 0 bridgehead atoms. The van der Waals surface area contributed by atoms with Crippen molar-refractivity contribution in [2.75, 3.05) is 13.2 Å². The summed E-state index contributed by atoms with van der Waals surface area (Å²) in [5.41, 5.74) is 1.29. The highest BCUT2D eigenvalue weighted by atomic mass is 16.5. The van der Waals surface area contributed by atoms with Crippen molar-refractivity contribution >= 4 is 0 Å². The molecule has 1 aromatic heterocycles. The van der Waals surface area contributed by atoms with E-state index in [0.29, 0.717) is 5.92 Å². The third-order valence-corrected chi connectivity index (χ3v) is 2.77. The molecule has 2 N–H and O–H groups in total. The topological polar surface area (TPSA) is 49.9 Å². The van der Waals surface area contributed by atoms with Gasteiger partial charge < -0.3 is 15.0 Å². The zero-order valence-corrected chi connectivity index (χ0v) is 10.3. The van der Waals surface area contributed by atoms with Crippen molar-refractivity contribution in [1.29, 1.82) is 0 Å². The molecule has 1 saturated heterocycles. The van der Waals surface area contributed by atoms with Crippen LogP contribution in [0.4, 0.5) is 0 Å². The van der Waals surface area contributed by atoms with Crippen LogP contribution in [0.15, 0.2) is 6.20 Å². The minimum Gasteiger partial charge on any atom is -0.381 e. The molecule has 0 aromatic carbocycles. The number of rotatable bonds is 3. The average Bonchev–Trinajstić information content (AvgIpc) is 2.84. The lowest BCUT2D eigenvalue weighted by molar-refractivity contribution is 0.193. The van der Waals surface area contributed by atoms with Crippen LogP contribution in [-0.2, 0) is 11.3 Å². The fourth-order valence-corrected chi connectivity index (χ4v) is 1.78. The van der Waals surface area contributed by atoms with Crippen molar-refractivity contribution in [2.45, 2.75) is 45.2 Å². The number of hydrogen-bond donors (Lipinski definition) is 2. The molecule has 16 heavy (non-hydrogen) atoms. The number of nitrogens with one attached hydrogen (secondary N) is 2. The molecule has 1 atom stereocenters. The molecule has 1 aliphatic rings. The predicted octanol–water partition coefficient (Wildman–Crippen LogP) is 1.80. The molecule has 0 spiro atoms. The smallest absolute Gasteiger partial charge is 0.111 e. The summed E-state index contributed by atoms with van der Waals surface area (Å²) in [4.78, 5) is 7.80. The van der Waals surface area contributed by atoms with E-state index in [1.807, 2.05) is 6.20 Å². The van der Waals surface area contributed by atoms with Crippen molar-refractivity contribution in [2.24, 2.45) is 0 Å². The molecule has 90 valence electrons. The second kappa shape index (κ2) is 4.55. The maximum atomic E-state index is 5.36. The van der Waals surface area contributed by atoms with Crippen LogP contribution in [0.25, 0.3) is 0 Å². The normalized spacial score (nSPS) is 21.6. The van der Waals surface area contributed by atoms with Crippen LogP contribution in [0.3, 0.4) is 0 Å². The quantitative estimate of drug-likeness (QED) is 0.821. The predicted molar refractivity (Wildman–Crippen MR) is 63.4 cm³/mol. The molecule has 1 aliphatic heterocycles. The van der Waals surface area contributed by atoms with E-state index in [4.69, 9.17) is 4.74 Å². The Kier molecular flexibility index (Phi) is 3.30. The van der Waals surface area contributed by atoms with Crippen LogP contribution in [0, 0.1) is 0 Å². The second-order valence-electron chi connectivity index (χ2n) is 5.46. The van der Waals surface area contributed by atoms with Crippen LogP contribution < -0.4 is 5.32 Å². The molecule has 0 radical (unpaired) electrons. The first-order valence-electron chi connectivity index (χ1n) is 5.91. The first-order valence-corrected chi connectivity index (χ1v) is 5.91. The van der Waals surface area contributed by atoms with E-state index in [1.54, 1.807) is 0 Å². The molecule has 0 saturated carbocycles. The molecule has 1 aromatic rings. The van der Waals surface area contributed by atoms with Gasteiger partial charge in [0.1, 0.15) is 5.82 Å². The summed E-state index contributed by atoms with van der Waals surface area (Å²) in [6.07, 6.45) is 3.01. The van der Waals surface area contributed by atoms with Gasteiger partial charge in [-0.25, -0.2) is 4.98 Å². The number of imidazole rings is 1. The van der Waals surface area contributed by atoms with Gasteiger partial charge in [-0.1, -0.05) is 0 Å². The summed E-state index contributed by atoms with van der Waals surface area (Å²) in [5, 5.41) is 3.44. The number of hydrogen-bond acceptors (Lipinski definition) is 3. The van der Waals surface area contributed by atoms with E-state index < -0.39 is 0 Å². The number of H-pyrrole nitrogens is 1. The molecular formula is C12H21N3O. The Morgan fingerprint density at radius 2 is 2.38 bits per heavy atom. The summed E-state index contributed by atoms with van der Waals surface area (Å²) in [7, 11) is 0. The highest BCUT2D eigenvalue weighted by Gasteiger charge is 2.20. The molecule has 0 aliphatic carbocycles. The van der Waals surface area contributed by atoms with Gasteiger partial charge >= 0.3 is 0 Å². The van der Waals surface area contributed by atoms with Gasteiger partial charge in [-0.3, -0.25) is 0 Å².